The van der Waals surface area contributed by atoms with E-state index in [4.69, 9.17) is 16.3 Å². The van der Waals surface area contributed by atoms with Crippen LogP contribution in [0.4, 0.5) is 0 Å². The lowest BCUT2D eigenvalue weighted by molar-refractivity contribution is 0.398. The van der Waals surface area contributed by atoms with Gasteiger partial charge in [-0.15, -0.1) is 0 Å². The number of nitrogens with zero attached hydrogens (tertiary/aromatic N) is 2. The molecule has 100 valence electrons. The van der Waals surface area contributed by atoms with Gasteiger partial charge in [-0.25, -0.2) is 9.97 Å². The molecule has 0 radical (unpaired) electrons. The standard InChI is InChI=1S/C14H16ClN3O/c1-3-16-9-11-5-4-10(8-12(11)15)13-14(19-2)18-7-6-17-13/h4-8,16H,3,9H2,1-2H3. The Hall–Kier alpha value is -1.65. The van der Waals surface area contributed by atoms with Crippen molar-refractivity contribution < 1.29 is 4.74 Å². The molecule has 0 fully saturated rings. The van der Waals surface area contributed by atoms with Crippen molar-refractivity contribution in [2.24, 2.45) is 0 Å². The molecular weight excluding hydrogens is 262 g/mol. The van der Waals surface area contributed by atoms with E-state index in [0.717, 1.165) is 24.2 Å². The van der Waals surface area contributed by atoms with Gasteiger partial charge in [0.1, 0.15) is 5.69 Å². The zero-order valence-corrected chi connectivity index (χ0v) is 11.7. The highest BCUT2D eigenvalue weighted by atomic mass is 35.5. The molecule has 1 heterocycles. The SMILES string of the molecule is CCNCc1ccc(-c2nccnc2OC)cc1Cl. The largest absolute Gasteiger partial charge is 0.479 e. The highest BCUT2D eigenvalue weighted by molar-refractivity contribution is 6.31. The molecule has 0 saturated carbocycles. The van der Waals surface area contributed by atoms with E-state index >= 15 is 0 Å². The summed E-state index contributed by atoms with van der Waals surface area (Å²) in [6, 6.07) is 5.86. The first kappa shape index (κ1) is 13.8. The van der Waals surface area contributed by atoms with E-state index in [2.05, 4.69) is 22.2 Å². The molecule has 19 heavy (non-hydrogen) atoms. The van der Waals surface area contributed by atoms with Crippen molar-refractivity contribution in [3.63, 3.8) is 0 Å². The third-order valence-electron chi connectivity index (χ3n) is 2.75. The minimum Gasteiger partial charge on any atom is -0.479 e. The molecule has 1 aromatic carbocycles. The number of hydrogen-bond acceptors (Lipinski definition) is 4. The number of halogens is 1. The van der Waals surface area contributed by atoms with Crippen LogP contribution in [0.5, 0.6) is 5.88 Å². The third-order valence-corrected chi connectivity index (χ3v) is 3.10. The number of methoxy groups -OCH3 is 1. The van der Waals surface area contributed by atoms with Crippen LogP contribution in [-0.2, 0) is 6.54 Å². The smallest absolute Gasteiger partial charge is 0.240 e. The fourth-order valence-corrected chi connectivity index (χ4v) is 2.02. The highest BCUT2D eigenvalue weighted by Crippen LogP contribution is 2.28. The van der Waals surface area contributed by atoms with Crippen molar-refractivity contribution in [1.29, 1.82) is 0 Å². The predicted molar refractivity (Wildman–Crippen MR) is 76.4 cm³/mol. The van der Waals surface area contributed by atoms with E-state index in [0.29, 0.717) is 16.6 Å². The van der Waals surface area contributed by atoms with Crippen LogP contribution in [0.15, 0.2) is 30.6 Å². The molecule has 1 N–H and O–H groups in total. The Balaban J connectivity index is 2.33. The molecule has 0 aliphatic heterocycles. The number of ether oxygens (including phenoxy) is 1. The van der Waals surface area contributed by atoms with E-state index < -0.39 is 0 Å². The van der Waals surface area contributed by atoms with Crippen molar-refractivity contribution in [3.8, 4) is 17.1 Å². The van der Waals surface area contributed by atoms with Crippen LogP contribution in [0.25, 0.3) is 11.3 Å². The summed E-state index contributed by atoms with van der Waals surface area (Å²) < 4.78 is 5.21. The average molecular weight is 278 g/mol. The molecule has 0 atom stereocenters. The predicted octanol–water partition coefficient (Wildman–Crippen LogP) is 2.92. The summed E-state index contributed by atoms with van der Waals surface area (Å²) in [5.74, 6) is 0.498. The van der Waals surface area contributed by atoms with E-state index in [1.165, 1.54) is 0 Å². The normalized spacial score (nSPS) is 10.5. The molecular formula is C14H16ClN3O. The zero-order valence-electron chi connectivity index (χ0n) is 11.0. The Bertz CT molecular complexity index is 560. The van der Waals surface area contributed by atoms with Crippen LogP contribution in [0, 0.1) is 0 Å². The van der Waals surface area contributed by atoms with Crippen LogP contribution in [0.3, 0.4) is 0 Å². The van der Waals surface area contributed by atoms with Gasteiger partial charge >= 0.3 is 0 Å². The van der Waals surface area contributed by atoms with E-state index in [-0.39, 0.29) is 0 Å². The van der Waals surface area contributed by atoms with Crippen LogP contribution in [0.2, 0.25) is 5.02 Å². The first-order valence-corrected chi connectivity index (χ1v) is 6.48. The van der Waals surface area contributed by atoms with Gasteiger partial charge in [-0.1, -0.05) is 30.7 Å². The number of benzene rings is 1. The second kappa shape index (κ2) is 6.50. The maximum absolute atomic E-state index is 6.28. The summed E-state index contributed by atoms with van der Waals surface area (Å²) in [5, 5.41) is 3.96. The third kappa shape index (κ3) is 3.22. The van der Waals surface area contributed by atoms with Crippen molar-refractivity contribution in [1.82, 2.24) is 15.3 Å². The summed E-state index contributed by atoms with van der Waals surface area (Å²) in [5.41, 5.74) is 2.66. The average Bonchev–Trinajstić information content (AvgIpc) is 2.46. The second-order valence-electron chi connectivity index (χ2n) is 4.00. The Morgan fingerprint density at radius 1 is 1.26 bits per heavy atom. The van der Waals surface area contributed by atoms with E-state index in [1.807, 2.05) is 18.2 Å². The molecule has 1 aromatic heterocycles. The molecule has 5 heteroatoms. The molecule has 0 saturated heterocycles. The lowest BCUT2D eigenvalue weighted by atomic mass is 10.1. The molecule has 0 aliphatic carbocycles. The molecule has 0 aliphatic rings. The molecule has 4 nitrogen and oxygen atoms in total. The summed E-state index contributed by atoms with van der Waals surface area (Å²) in [6.45, 7) is 3.73. The Labute approximate surface area is 117 Å². The summed E-state index contributed by atoms with van der Waals surface area (Å²) >= 11 is 6.28. The zero-order chi connectivity index (χ0) is 13.7. The lowest BCUT2D eigenvalue weighted by Gasteiger charge is -2.09. The fraction of sp³-hybridized carbons (Fsp3) is 0.286. The van der Waals surface area contributed by atoms with Gasteiger partial charge in [-0.3, -0.25) is 0 Å². The minimum absolute atomic E-state index is 0.498. The van der Waals surface area contributed by atoms with E-state index in [1.54, 1.807) is 19.5 Å². The van der Waals surface area contributed by atoms with Gasteiger partial charge < -0.3 is 10.1 Å². The van der Waals surface area contributed by atoms with Crippen LogP contribution in [0.1, 0.15) is 12.5 Å². The van der Waals surface area contributed by atoms with Crippen molar-refractivity contribution in [3.05, 3.63) is 41.2 Å². The number of aromatic nitrogens is 2. The first-order chi connectivity index (χ1) is 9.26. The molecule has 0 bridgehead atoms. The topological polar surface area (TPSA) is 47.0 Å². The first-order valence-electron chi connectivity index (χ1n) is 6.10. The molecule has 2 aromatic rings. The van der Waals surface area contributed by atoms with Gasteiger partial charge in [0.2, 0.25) is 5.88 Å². The van der Waals surface area contributed by atoms with Gasteiger partial charge in [0.05, 0.1) is 7.11 Å². The fourth-order valence-electron chi connectivity index (χ4n) is 1.77. The maximum atomic E-state index is 6.28. The van der Waals surface area contributed by atoms with Gasteiger partial charge in [0.15, 0.2) is 0 Å². The van der Waals surface area contributed by atoms with Crippen molar-refractivity contribution >= 4 is 11.6 Å². The monoisotopic (exact) mass is 277 g/mol. The quantitative estimate of drug-likeness (QED) is 0.913. The molecule has 0 amide bonds. The van der Waals surface area contributed by atoms with Crippen molar-refractivity contribution in [2.75, 3.05) is 13.7 Å². The second-order valence-corrected chi connectivity index (χ2v) is 4.41. The molecule has 2 rings (SSSR count). The molecule has 0 spiro atoms. The Morgan fingerprint density at radius 3 is 2.74 bits per heavy atom. The van der Waals surface area contributed by atoms with E-state index in [9.17, 15) is 0 Å². The summed E-state index contributed by atoms with van der Waals surface area (Å²) in [6.07, 6.45) is 3.24. The summed E-state index contributed by atoms with van der Waals surface area (Å²) in [4.78, 5) is 8.43. The van der Waals surface area contributed by atoms with Gasteiger partial charge in [0, 0.05) is 29.5 Å². The minimum atomic E-state index is 0.498. The highest BCUT2D eigenvalue weighted by Gasteiger charge is 2.10. The van der Waals surface area contributed by atoms with Gasteiger partial charge in [0.25, 0.3) is 0 Å². The van der Waals surface area contributed by atoms with Crippen LogP contribution < -0.4 is 10.1 Å². The Kier molecular flexibility index (Phi) is 4.71. The molecule has 0 unspecified atom stereocenters. The number of rotatable bonds is 5. The van der Waals surface area contributed by atoms with Crippen molar-refractivity contribution in [2.45, 2.75) is 13.5 Å². The maximum Gasteiger partial charge on any atom is 0.240 e. The van der Waals surface area contributed by atoms with Gasteiger partial charge in [-0.05, 0) is 18.2 Å². The number of nitrogens with one attached hydrogen (secondary N) is 1. The summed E-state index contributed by atoms with van der Waals surface area (Å²) in [7, 11) is 1.58. The van der Waals surface area contributed by atoms with Gasteiger partial charge in [-0.2, -0.15) is 0 Å². The Morgan fingerprint density at radius 2 is 2.05 bits per heavy atom. The number of hydrogen-bond donors (Lipinski definition) is 1. The lowest BCUT2D eigenvalue weighted by Crippen LogP contribution is -2.11. The van der Waals surface area contributed by atoms with Crippen LogP contribution in [-0.4, -0.2) is 23.6 Å². The van der Waals surface area contributed by atoms with Crippen LogP contribution >= 0.6 is 11.6 Å².